The number of piperidine rings is 1. The predicted octanol–water partition coefficient (Wildman–Crippen LogP) is 4.95. The molecule has 1 aliphatic rings. The lowest BCUT2D eigenvalue weighted by Gasteiger charge is -2.30. The first-order chi connectivity index (χ1) is 15.1. The van der Waals surface area contributed by atoms with Crippen LogP contribution in [-0.2, 0) is 4.79 Å². The zero-order chi connectivity index (χ0) is 21.8. The van der Waals surface area contributed by atoms with E-state index >= 15 is 0 Å². The molecule has 0 unspecified atom stereocenters. The van der Waals surface area contributed by atoms with Gasteiger partial charge in [0.2, 0.25) is 5.91 Å². The number of likely N-dealkylation sites (tertiary alicyclic amines) is 1. The first kappa shape index (κ1) is 21.7. The molecule has 31 heavy (non-hydrogen) atoms. The normalized spacial score (nSPS) is 14.6. The number of benzene rings is 2. The van der Waals surface area contributed by atoms with Gasteiger partial charge < -0.3 is 9.64 Å². The van der Waals surface area contributed by atoms with Crippen molar-refractivity contribution in [3.63, 3.8) is 0 Å². The molecule has 1 aliphatic heterocycles. The van der Waals surface area contributed by atoms with E-state index in [4.69, 9.17) is 16.3 Å². The number of thioether (sulfide) groups is 1. The number of aromatic nitrogens is 3. The number of carbonyl (C=O) groups excluding carboxylic acids is 1. The van der Waals surface area contributed by atoms with Crippen LogP contribution >= 0.6 is 23.4 Å². The monoisotopic (exact) mass is 456 g/mol. The molecule has 0 radical (unpaired) electrons. The van der Waals surface area contributed by atoms with E-state index in [2.05, 4.69) is 17.1 Å². The van der Waals surface area contributed by atoms with Gasteiger partial charge in [0, 0.05) is 23.8 Å². The molecule has 3 aromatic rings. The summed E-state index contributed by atoms with van der Waals surface area (Å²) in [5.41, 5.74) is 1.70. The summed E-state index contributed by atoms with van der Waals surface area (Å²) in [6, 6.07) is 15.2. The molecule has 4 rings (SSSR count). The molecule has 2 aromatic carbocycles. The lowest BCUT2D eigenvalue weighted by atomic mass is 9.99. The average Bonchev–Trinajstić information content (AvgIpc) is 3.22. The third-order valence-electron chi connectivity index (χ3n) is 5.53. The molecule has 1 fully saturated rings. The van der Waals surface area contributed by atoms with Crippen LogP contribution in [-0.4, -0.2) is 51.5 Å². The number of hydrogen-bond acceptors (Lipinski definition) is 5. The standard InChI is InChI=1S/C23H25ClN4O2S/c1-16-11-13-27(14-12-16)21(29)15-31-23-26-25-22(19-5-3-4-6-20(19)30-2)28(23)18-9-7-17(24)8-10-18/h3-10,16H,11-15H2,1-2H3. The molecule has 0 aliphatic carbocycles. The summed E-state index contributed by atoms with van der Waals surface area (Å²) in [7, 11) is 1.63. The Balaban J connectivity index is 1.64. The lowest BCUT2D eigenvalue weighted by molar-refractivity contribution is -0.129. The van der Waals surface area contributed by atoms with Gasteiger partial charge >= 0.3 is 0 Å². The Labute approximate surface area is 191 Å². The van der Waals surface area contributed by atoms with Gasteiger partial charge in [-0.3, -0.25) is 9.36 Å². The number of para-hydroxylation sites is 1. The van der Waals surface area contributed by atoms with Crippen molar-refractivity contribution in [3.05, 3.63) is 53.6 Å². The van der Waals surface area contributed by atoms with E-state index in [-0.39, 0.29) is 5.91 Å². The fourth-order valence-electron chi connectivity index (χ4n) is 3.67. The topological polar surface area (TPSA) is 60.3 Å². The molecule has 1 amide bonds. The highest BCUT2D eigenvalue weighted by atomic mass is 35.5. The predicted molar refractivity (Wildman–Crippen MR) is 124 cm³/mol. The number of amides is 1. The minimum atomic E-state index is 0.140. The molecule has 6 nitrogen and oxygen atoms in total. The number of carbonyl (C=O) groups is 1. The molecule has 0 bridgehead atoms. The Bertz CT molecular complexity index is 1050. The highest BCUT2D eigenvalue weighted by Gasteiger charge is 2.23. The number of halogens is 1. The molecule has 0 atom stereocenters. The van der Waals surface area contributed by atoms with Crippen LogP contribution < -0.4 is 4.74 Å². The fraction of sp³-hybridized carbons (Fsp3) is 0.348. The number of nitrogens with zero attached hydrogens (tertiary/aromatic N) is 4. The minimum Gasteiger partial charge on any atom is -0.496 e. The molecular formula is C23H25ClN4O2S. The van der Waals surface area contributed by atoms with Gasteiger partial charge in [0.05, 0.1) is 18.4 Å². The van der Waals surface area contributed by atoms with Crippen LogP contribution in [0.25, 0.3) is 17.1 Å². The summed E-state index contributed by atoms with van der Waals surface area (Å²) in [6.45, 7) is 3.90. The van der Waals surface area contributed by atoms with E-state index < -0.39 is 0 Å². The van der Waals surface area contributed by atoms with Crippen LogP contribution in [0.2, 0.25) is 5.02 Å². The molecule has 1 aromatic heterocycles. The van der Waals surface area contributed by atoms with Gasteiger partial charge in [-0.05, 0) is 55.2 Å². The molecule has 0 N–H and O–H groups in total. The van der Waals surface area contributed by atoms with Gasteiger partial charge in [-0.25, -0.2) is 0 Å². The molecule has 1 saturated heterocycles. The van der Waals surface area contributed by atoms with Gasteiger partial charge in [-0.1, -0.05) is 42.4 Å². The van der Waals surface area contributed by atoms with E-state index in [0.717, 1.165) is 37.2 Å². The number of hydrogen-bond donors (Lipinski definition) is 0. The number of methoxy groups -OCH3 is 1. The van der Waals surface area contributed by atoms with Gasteiger partial charge in [-0.15, -0.1) is 10.2 Å². The molecule has 162 valence electrons. The highest BCUT2D eigenvalue weighted by Crippen LogP contribution is 2.33. The average molecular weight is 457 g/mol. The summed E-state index contributed by atoms with van der Waals surface area (Å²) in [6.07, 6.45) is 2.13. The second-order valence-corrected chi connectivity index (χ2v) is 9.05. The molecule has 2 heterocycles. The van der Waals surface area contributed by atoms with E-state index in [1.165, 1.54) is 11.8 Å². The molecule has 0 saturated carbocycles. The Morgan fingerprint density at radius 2 is 1.84 bits per heavy atom. The Morgan fingerprint density at radius 1 is 1.13 bits per heavy atom. The van der Waals surface area contributed by atoms with Crippen LogP contribution in [0.1, 0.15) is 19.8 Å². The van der Waals surface area contributed by atoms with E-state index in [0.29, 0.717) is 33.4 Å². The maximum atomic E-state index is 12.8. The van der Waals surface area contributed by atoms with Crippen LogP contribution in [0.4, 0.5) is 0 Å². The van der Waals surface area contributed by atoms with Crippen molar-refractivity contribution in [2.45, 2.75) is 24.9 Å². The van der Waals surface area contributed by atoms with Gasteiger partial charge in [-0.2, -0.15) is 0 Å². The van der Waals surface area contributed by atoms with E-state index in [1.54, 1.807) is 7.11 Å². The second-order valence-electron chi connectivity index (χ2n) is 7.67. The van der Waals surface area contributed by atoms with Crippen molar-refractivity contribution in [2.24, 2.45) is 5.92 Å². The van der Waals surface area contributed by atoms with Gasteiger partial charge in [0.15, 0.2) is 11.0 Å². The summed E-state index contributed by atoms with van der Waals surface area (Å²) in [5, 5.41) is 10.2. The Kier molecular flexibility index (Phi) is 6.83. The van der Waals surface area contributed by atoms with Crippen molar-refractivity contribution in [3.8, 4) is 22.8 Å². The zero-order valence-corrected chi connectivity index (χ0v) is 19.2. The third kappa shape index (κ3) is 4.88. The van der Waals surface area contributed by atoms with Crippen LogP contribution in [0.15, 0.2) is 53.7 Å². The quantitative estimate of drug-likeness (QED) is 0.491. The third-order valence-corrected chi connectivity index (χ3v) is 6.69. The van der Waals surface area contributed by atoms with Gasteiger partial charge in [0.1, 0.15) is 5.75 Å². The van der Waals surface area contributed by atoms with Crippen LogP contribution in [0, 0.1) is 5.92 Å². The molecule has 0 spiro atoms. The summed E-state index contributed by atoms with van der Waals surface area (Å²) >= 11 is 7.50. The molecular weight excluding hydrogens is 432 g/mol. The highest BCUT2D eigenvalue weighted by molar-refractivity contribution is 7.99. The maximum absolute atomic E-state index is 12.8. The van der Waals surface area contributed by atoms with Crippen molar-refractivity contribution < 1.29 is 9.53 Å². The summed E-state index contributed by atoms with van der Waals surface area (Å²) in [4.78, 5) is 14.7. The maximum Gasteiger partial charge on any atom is 0.233 e. The number of rotatable bonds is 6. The summed E-state index contributed by atoms with van der Waals surface area (Å²) < 4.78 is 7.48. The van der Waals surface area contributed by atoms with Crippen LogP contribution in [0.3, 0.4) is 0 Å². The first-order valence-electron chi connectivity index (χ1n) is 10.3. The smallest absolute Gasteiger partial charge is 0.233 e. The first-order valence-corrected chi connectivity index (χ1v) is 11.7. The minimum absolute atomic E-state index is 0.140. The van der Waals surface area contributed by atoms with Crippen molar-refractivity contribution >= 4 is 29.3 Å². The number of ether oxygens (including phenoxy) is 1. The largest absolute Gasteiger partial charge is 0.496 e. The summed E-state index contributed by atoms with van der Waals surface area (Å²) in [5.74, 6) is 2.52. The fourth-order valence-corrected chi connectivity index (χ4v) is 4.65. The van der Waals surface area contributed by atoms with Crippen molar-refractivity contribution in [2.75, 3.05) is 26.0 Å². The van der Waals surface area contributed by atoms with Crippen LogP contribution in [0.5, 0.6) is 5.75 Å². The van der Waals surface area contributed by atoms with Gasteiger partial charge in [0.25, 0.3) is 0 Å². The van der Waals surface area contributed by atoms with E-state index in [9.17, 15) is 4.79 Å². The molecule has 8 heteroatoms. The van der Waals surface area contributed by atoms with Crippen molar-refractivity contribution in [1.29, 1.82) is 0 Å². The second kappa shape index (κ2) is 9.75. The lowest BCUT2D eigenvalue weighted by Crippen LogP contribution is -2.38. The Hall–Kier alpha value is -2.51. The van der Waals surface area contributed by atoms with E-state index in [1.807, 2.05) is 58.0 Å². The Morgan fingerprint density at radius 3 is 2.55 bits per heavy atom. The van der Waals surface area contributed by atoms with Crippen molar-refractivity contribution in [1.82, 2.24) is 19.7 Å². The zero-order valence-electron chi connectivity index (χ0n) is 17.6. The SMILES string of the molecule is COc1ccccc1-c1nnc(SCC(=O)N2CCC(C)CC2)n1-c1ccc(Cl)cc1.